The predicted octanol–water partition coefficient (Wildman–Crippen LogP) is 4.23. The van der Waals surface area contributed by atoms with Gasteiger partial charge in [0.25, 0.3) is 0 Å². The van der Waals surface area contributed by atoms with Crippen LogP contribution in [0.5, 0.6) is 17.2 Å². The summed E-state index contributed by atoms with van der Waals surface area (Å²) in [6.45, 7) is 10.6. The molecule has 0 radical (unpaired) electrons. The van der Waals surface area contributed by atoms with E-state index in [0.717, 1.165) is 55.5 Å². The molecule has 0 fully saturated rings. The topological polar surface area (TPSA) is 61.6 Å². The van der Waals surface area contributed by atoms with E-state index in [4.69, 9.17) is 14.2 Å². The lowest BCUT2D eigenvalue weighted by Crippen LogP contribution is -2.33. The Balaban J connectivity index is 1.28. The van der Waals surface area contributed by atoms with E-state index in [1.807, 2.05) is 23.0 Å². The molecule has 7 heteroatoms. The minimum Gasteiger partial charge on any atom is -0.493 e. The van der Waals surface area contributed by atoms with Gasteiger partial charge >= 0.3 is 0 Å². The molecule has 1 aliphatic rings. The molecule has 0 atom stereocenters. The van der Waals surface area contributed by atoms with Crippen LogP contribution in [0.4, 0.5) is 0 Å². The van der Waals surface area contributed by atoms with Crippen LogP contribution < -0.4 is 14.2 Å². The SMILES string of the molecule is COc1cc2c(cc1OC)CN(CCn1cc(COc3ccc(C(C)(C)C)cc3)nn1)CC2. The second-order valence-electron chi connectivity index (χ2n) is 9.54. The van der Waals surface area contributed by atoms with E-state index >= 15 is 0 Å². The molecule has 1 aliphatic heterocycles. The summed E-state index contributed by atoms with van der Waals surface area (Å²) >= 11 is 0. The van der Waals surface area contributed by atoms with Crippen molar-refractivity contribution in [3.8, 4) is 17.2 Å². The fourth-order valence-corrected chi connectivity index (χ4v) is 4.10. The first kappa shape index (κ1) is 23.1. The highest BCUT2D eigenvalue weighted by Crippen LogP contribution is 2.33. The molecule has 3 aromatic rings. The van der Waals surface area contributed by atoms with Crippen LogP contribution >= 0.6 is 0 Å². The van der Waals surface area contributed by atoms with Gasteiger partial charge in [-0.25, -0.2) is 0 Å². The molecule has 0 spiro atoms. The summed E-state index contributed by atoms with van der Waals surface area (Å²) in [5.41, 5.74) is 4.88. The average molecular weight is 451 g/mol. The van der Waals surface area contributed by atoms with E-state index in [2.05, 4.69) is 60.2 Å². The highest BCUT2D eigenvalue weighted by atomic mass is 16.5. The summed E-state index contributed by atoms with van der Waals surface area (Å²) in [6, 6.07) is 12.5. The molecule has 1 aromatic heterocycles. The molecule has 0 saturated heterocycles. The third-order valence-electron chi connectivity index (χ3n) is 6.14. The summed E-state index contributed by atoms with van der Waals surface area (Å²) in [6.07, 6.45) is 2.97. The minimum atomic E-state index is 0.136. The van der Waals surface area contributed by atoms with Crippen molar-refractivity contribution in [2.75, 3.05) is 27.3 Å². The zero-order chi connectivity index (χ0) is 23.4. The van der Waals surface area contributed by atoms with Gasteiger partial charge in [0.05, 0.1) is 27.0 Å². The zero-order valence-corrected chi connectivity index (χ0v) is 20.3. The van der Waals surface area contributed by atoms with Gasteiger partial charge in [0.15, 0.2) is 11.5 Å². The molecule has 33 heavy (non-hydrogen) atoms. The molecule has 176 valence electrons. The molecule has 0 bridgehead atoms. The number of aromatic nitrogens is 3. The van der Waals surface area contributed by atoms with Crippen LogP contribution in [0, 0.1) is 0 Å². The predicted molar refractivity (Wildman–Crippen MR) is 128 cm³/mol. The second kappa shape index (κ2) is 9.83. The lowest BCUT2D eigenvalue weighted by Gasteiger charge is -2.29. The fraction of sp³-hybridized carbons (Fsp3) is 0.462. The van der Waals surface area contributed by atoms with Gasteiger partial charge in [-0.2, -0.15) is 0 Å². The van der Waals surface area contributed by atoms with E-state index in [9.17, 15) is 0 Å². The largest absolute Gasteiger partial charge is 0.493 e. The van der Waals surface area contributed by atoms with Crippen molar-refractivity contribution in [3.05, 3.63) is 65.0 Å². The van der Waals surface area contributed by atoms with Gasteiger partial charge in [0, 0.05) is 19.6 Å². The van der Waals surface area contributed by atoms with Gasteiger partial charge in [-0.1, -0.05) is 38.1 Å². The Hall–Kier alpha value is -3.06. The summed E-state index contributed by atoms with van der Waals surface area (Å²) in [4.78, 5) is 2.43. The molecule has 7 nitrogen and oxygen atoms in total. The first-order chi connectivity index (χ1) is 15.9. The monoisotopic (exact) mass is 450 g/mol. The molecule has 2 aromatic carbocycles. The highest BCUT2D eigenvalue weighted by molar-refractivity contribution is 5.48. The molecule has 4 rings (SSSR count). The minimum absolute atomic E-state index is 0.136. The number of methoxy groups -OCH3 is 2. The van der Waals surface area contributed by atoms with Crippen molar-refractivity contribution in [3.63, 3.8) is 0 Å². The molecular weight excluding hydrogens is 416 g/mol. The Bertz CT molecular complexity index is 1070. The van der Waals surface area contributed by atoms with Crippen LogP contribution in [-0.4, -0.2) is 47.2 Å². The van der Waals surface area contributed by atoms with Gasteiger partial charge in [-0.15, -0.1) is 5.10 Å². The maximum Gasteiger partial charge on any atom is 0.161 e. The van der Waals surface area contributed by atoms with Crippen molar-refractivity contribution in [1.29, 1.82) is 0 Å². The molecule has 0 aliphatic carbocycles. The zero-order valence-electron chi connectivity index (χ0n) is 20.3. The van der Waals surface area contributed by atoms with Gasteiger partial charge in [0.1, 0.15) is 18.1 Å². The normalized spacial score (nSPS) is 14.1. The van der Waals surface area contributed by atoms with E-state index in [0.29, 0.717) is 6.61 Å². The van der Waals surface area contributed by atoms with Crippen LogP contribution in [-0.2, 0) is 31.5 Å². The molecular formula is C26H34N4O3. The third-order valence-corrected chi connectivity index (χ3v) is 6.14. The molecule has 2 heterocycles. The van der Waals surface area contributed by atoms with Crippen molar-refractivity contribution in [1.82, 2.24) is 19.9 Å². The standard InChI is InChI=1S/C26H34N4O3/c1-26(2,3)21-6-8-23(9-7-21)33-18-22-17-30(28-27-22)13-12-29-11-10-19-14-24(31-4)25(32-5)15-20(19)16-29/h6-9,14-15,17H,10-13,16,18H2,1-5H3. The van der Waals surface area contributed by atoms with Crippen LogP contribution in [0.25, 0.3) is 0 Å². The quantitative estimate of drug-likeness (QED) is 0.512. The van der Waals surface area contributed by atoms with Crippen molar-refractivity contribution in [2.45, 2.75) is 52.3 Å². The van der Waals surface area contributed by atoms with Crippen LogP contribution in [0.2, 0.25) is 0 Å². The summed E-state index contributed by atoms with van der Waals surface area (Å²) < 4.78 is 18.7. The van der Waals surface area contributed by atoms with E-state index in [1.54, 1.807) is 14.2 Å². The molecule has 0 unspecified atom stereocenters. The number of benzene rings is 2. The third kappa shape index (κ3) is 5.66. The van der Waals surface area contributed by atoms with Crippen molar-refractivity contribution < 1.29 is 14.2 Å². The number of fused-ring (bicyclic) bond motifs is 1. The number of nitrogens with zero attached hydrogens (tertiary/aromatic N) is 4. The molecule has 0 saturated carbocycles. The van der Waals surface area contributed by atoms with Gasteiger partial charge in [-0.3, -0.25) is 9.58 Å². The van der Waals surface area contributed by atoms with Crippen molar-refractivity contribution >= 4 is 0 Å². The van der Waals surface area contributed by atoms with Gasteiger partial charge < -0.3 is 14.2 Å². The maximum absolute atomic E-state index is 5.90. The number of hydrogen-bond acceptors (Lipinski definition) is 6. The lowest BCUT2D eigenvalue weighted by atomic mass is 9.87. The fourth-order valence-electron chi connectivity index (χ4n) is 4.10. The van der Waals surface area contributed by atoms with E-state index in [1.165, 1.54) is 16.7 Å². The number of ether oxygens (including phenoxy) is 3. The van der Waals surface area contributed by atoms with Crippen LogP contribution in [0.15, 0.2) is 42.6 Å². The van der Waals surface area contributed by atoms with Gasteiger partial charge in [-0.05, 0) is 52.8 Å². The van der Waals surface area contributed by atoms with Gasteiger partial charge in [0.2, 0.25) is 0 Å². The average Bonchev–Trinajstić information content (AvgIpc) is 3.28. The van der Waals surface area contributed by atoms with Crippen molar-refractivity contribution in [2.24, 2.45) is 0 Å². The molecule has 0 amide bonds. The number of hydrogen-bond donors (Lipinski definition) is 0. The number of rotatable bonds is 8. The Labute approximate surface area is 196 Å². The summed E-state index contributed by atoms with van der Waals surface area (Å²) in [5, 5.41) is 8.55. The van der Waals surface area contributed by atoms with E-state index < -0.39 is 0 Å². The maximum atomic E-state index is 5.90. The Morgan fingerprint density at radius 2 is 1.64 bits per heavy atom. The van der Waals surface area contributed by atoms with Crippen LogP contribution in [0.3, 0.4) is 0 Å². The molecule has 0 N–H and O–H groups in total. The summed E-state index contributed by atoms with van der Waals surface area (Å²) in [7, 11) is 3.36. The Morgan fingerprint density at radius 1 is 0.939 bits per heavy atom. The van der Waals surface area contributed by atoms with E-state index in [-0.39, 0.29) is 5.41 Å². The smallest absolute Gasteiger partial charge is 0.161 e. The Kier molecular flexibility index (Phi) is 6.88. The first-order valence-electron chi connectivity index (χ1n) is 11.4. The highest BCUT2D eigenvalue weighted by Gasteiger charge is 2.19. The lowest BCUT2D eigenvalue weighted by molar-refractivity contribution is 0.238. The Morgan fingerprint density at radius 3 is 2.30 bits per heavy atom. The first-order valence-corrected chi connectivity index (χ1v) is 11.4. The second-order valence-corrected chi connectivity index (χ2v) is 9.54. The van der Waals surface area contributed by atoms with Crippen LogP contribution in [0.1, 0.15) is 43.2 Å². The summed E-state index contributed by atoms with van der Waals surface area (Å²) in [5.74, 6) is 2.43.